The molecule has 104 valence electrons. The van der Waals surface area contributed by atoms with Gasteiger partial charge in [0.15, 0.2) is 5.84 Å². The SMILES string of the molecule is CCOc1ccc(C(=O)NC(C)(C)/C(N)=N/O)cc1. The van der Waals surface area contributed by atoms with Gasteiger partial charge >= 0.3 is 0 Å². The Kier molecular flexibility index (Phi) is 4.74. The van der Waals surface area contributed by atoms with Gasteiger partial charge in [-0.25, -0.2) is 0 Å². The van der Waals surface area contributed by atoms with Crippen molar-refractivity contribution in [2.24, 2.45) is 10.9 Å². The molecule has 1 aromatic carbocycles. The Hall–Kier alpha value is -2.24. The van der Waals surface area contributed by atoms with Crippen molar-refractivity contribution >= 4 is 11.7 Å². The normalized spacial score (nSPS) is 12.1. The summed E-state index contributed by atoms with van der Waals surface area (Å²) in [6.45, 7) is 5.76. The molecule has 6 heteroatoms. The molecule has 0 bridgehead atoms. The lowest BCUT2D eigenvalue weighted by Gasteiger charge is -2.24. The molecule has 0 spiro atoms. The van der Waals surface area contributed by atoms with Crippen LogP contribution >= 0.6 is 0 Å². The number of carbonyl (C=O) groups excluding carboxylic acids is 1. The fourth-order valence-corrected chi connectivity index (χ4v) is 1.41. The molecule has 1 amide bonds. The molecule has 19 heavy (non-hydrogen) atoms. The summed E-state index contributed by atoms with van der Waals surface area (Å²) in [7, 11) is 0. The molecule has 6 nitrogen and oxygen atoms in total. The Balaban J connectivity index is 2.78. The minimum absolute atomic E-state index is 0.0632. The first kappa shape index (κ1) is 14.8. The number of nitrogens with zero attached hydrogens (tertiary/aromatic N) is 1. The smallest absolute Gasteiger partial charge is 0.252 e. The summed E-state index contributed by atoms with van der Waals surface area (Å²) < 4.78 is 5.29. The Morgan fingerprint density at radius 2 is 2.00 bits per heavy atom. The first-order valence-corrected chi connectivity index (χ1v) is 5.94. The van der Waals surface area contributed by atoms with E-state index in [0.29, 0.717) is 17.9 Å². The van der Waals surface area contributed by atoms with Crippen LogP contribution in [0.3, 0.4) is 0 Å². The molecule has 0 heterocycles. The van der Waals surface area contributed by atoms with E-state index in [1.54, 1.807) is 38.1 Å². The van der Waals surface area contributed by atoms with Gasteiger partial charge in [0.2, 0.25) is 0 Å². The fourth-order valence-electron chi connectivity index (χ4n) is 1.41. The molecule has 0 aromatic heterocycles. The number of hydrogen-bond acceptors (Lipinski definition) is 4. The molecule has 0 aliphatic carbocycles. The predicted octanol–water partition coefficient (Wildman–Crippen LogP) is 1.34. The van der Waals surface area contributed by atoms with Crippen molar-refractivity contribution in [1.29, 1.82) is 0 Å². The number of rotatable bonds is 5. The number of nitrogens with one attached hydrogen (secondary N) is 1. The number of oxime groups is 1. The standard InChI is InChI=1S/C13H19N3O3/c1-4-19-10-7-5-9(6-8-10)11(17)15-13(2,3)12(14)16-18/h5-8,18H,4H2,1-3H3,(H2,14,16)(H,15,17). The lowest BCUT2D eigenvalue weighted by Crippen LogP contribution is -2.53. The van der Waals surface area contributed by atoms with E-state index in [9.17, 15) is 4.79 Å². The first-order valence-electron chi connectivity index (χ1n) is 5.94. The largest absolute Gasteiger partial charge is 0.494 e. The van der Waals surface area contributed by atoms with Gasteiger partial charge in [-0.2, -0.15) is 0 Å². The highest BCUT2D eigenvalue weighted by atomic mass is 16.5. The van der Waals surface area contributed by atoms with Crippen LogP contribution in [0.2, 0.25) is 0 Å². The van der Waals surface area contributed by atoms with E-state index in [1.807, 2.05) is 6.92 Å². The third kappa shape index (κ3) is 3.87. The van der Waals surface area contributed by atoms with Crippen LogP contribution in [0.25, 0.3) is 0 Å². The van der Waals surface area contributed by atoms with E-state index in [1.165, 1.54) is 0 Å². The van der Waals surface area contributed by atoms with Gasteiger partial charge in [-0.05, 0) is 45.0 Å². The monoisotopic (exact) mass is 265 g/mol. The van der Waals surface area contributed by atoms with Gasteiger partial charge in [0.25, 0.3) is 5.91 Å². The van der Waals surface area contributed by atoms with E-state index in [2.05, 4.69) is 10.5 Å². The van der Waals surface area contributed by atoms with Gasteiger partial charge in [-0.3, -0.25) is 4.79 Å². The highest BCUT2D eigenvalue weighted by Crippen LogP contribution is 2.13. The molecular formula is C13H19N3O3. The second-order valence-electron chi connectivity index (χ2n) is 4.52. The third-order valence-corrected chi connectivity index (χ3v) is 2.60. The summed E-state index contributed by atoms with van der Waals surface area (Å²) in [5.41, 5.74) is 5.05. The minimum Gasteiger partial charge on any atom is -0.494 e. The van der Waals surface area contributed by atoms with Crippen molar-refractivity contribution in [1.82, 2.24) is 5.32 Å². The maximum absolute atomic E-state index is 12.0. The van der Waals surface area contributed by atoms with Gasteiger partial charge in [-0.15, -0.1) is 0 Å². The highest BCUT2D eigenvalue weighted by Gasteiger charge is 2.26. The van der Waals surface area contributed by atoms with Gasteiger partial charge in [0, 0.05) is 5.56 Å². The van der Waals surface area contributed by atoms with Crippen LogP contribution in [0.4, 0.5) is 0 Å². The van der Waals surface area contributed by atoms with Gasteiger partial charge in [0.05, 0.1) is 12.1 Å². The average Bonchev–Trinajstić information content (AvgIpc) is 2.38. The lowest BCUT2D eigenvalue weighted by molar-refractivity contribution is 0.0931. The number of hydrogen-bond donors (Lipinski definition) is 3. The van der Waals surface area contributed by atoms with Crippen molar-refractivity contribution in [3.05, 3.63) is 29.8 Å². The summed E-state index contributed by atoms with van der Waals surface area (Å²) >= 11 is 0. The minimum atomic E-state index is -0.926. The van der Waals surface area contributed by atoms with Crippen LogP contribution in [-0.2, 0) is 0 Å². The van der Waals surface area contributed by atoms with Crippen molar-refractivity contribution < 1.29 is 14.7 Å². The zero-order valence-corrected chi connectivity index (χ0v) is 11.3. The Labute approximate surface area is 112 Å². The molecule has 0 fully saturated rings. The second kappa shape index (κ2) is 6.08. The number of amidine groups is 1. The van der Waals surface area contributed by atoms with Crippen LogP contribution in [0.5, 0.6) is 5.75 Å². The topological polar surface area (TPSA) is 96.9 Å². The Morgan fingerprint density at radius 3 is 2.47 bits per heavy atom. The summed E-state index contributed by atoms with van der Waals surface area (Å²) in [5.74, 6) is 0.334. The van der Waals surface area contributed by atoms with Gasteiger partial charge < -0.3 is 21.0 Å². The maximum Gasteiger partial charge on any atom is 0.252 e. The number of ether oxygens (including phenoxy) is 1. The Bertz CT molecular complexity index is 467. The van der Waals surface area contributed by atoms with Gasteiger partial charge in [0.1, 0.15) is 5.75 Å². The van der Waals surface area contributed by atoms with Gasteiger partial charge in [-0.1, -0.05) is 5.16 Å². The maximum atomic E-state index is 12.0. The van der Waals surface area contributed by atoms with Crippen LogP contribution in [0, 0.1) is 0 Å². The van der Waals surface area contributed by atoms with Crippen LogP contribution in [0.15, 0.2) is 29.4 Å². The average molecular weight is 265 g/mol. The molecule has 4 N–H and O–H groups in total. The second-order valence-corrected chi connectivity index (χ2v) is 4.52. The van der Waals surface area contributed by atoms with Crippen molar-refractivity contribution in [3.8, 4) is 5.75 Å². The number of benzene rings is 1. The Morgan fingerprint density at radius 1 is 1.42 bits per heavy atom. The quantitative estimate of drug-likeness (QED) is 0.324. The molecular weight excluding hydrogens is 246 g/mol. The third-order valence-electron chi connectivity index (χ3n) is 2.60. The fraction of sp³-hybridized carbons (Fsp3) is 0.385. The molecule has 0 saturated carbocycles. The highest BCUT2D eigenvalue weighted by molar-refractivity contribution is 5.99. The molecule has 0 unspecified atom stereocenters. The van der Waals surface area contributed by atoms with Crippen LogP contribution in [-0.4, -0.2) is 29.1 Å². The molecule has 1 rings (SSSR count). The number of nitrogens with two attached hydrogens (primary N) is 1. The summed E-state index contributed by atoms with van der Waals surface area (Å²) in [6.07, 6.45) is 0. The number of amides is 1. The molecule has 0 saturated heterocycles. The summed E-state index contributed by atoms with van der Waals surface area (Å²) in [5, 5.41) is 14.2. The lowest BCUT2D eigenvalue weighted by atomic mass is 10.0. The van der Waals surface area contributed by atoms with E-state index in [-0.39, 0.29) is 11.7 Å². The van der Waals surface area contributed by atoms with Crippen molar-refractivity contribution in [3.63, 3.8) is 0 Å². The molecule has 1 aromatic rings. The zero-order chi connectivity index (χ0) is 14.5. The molecule has 0 aliphatic rings. The molecule has 0 radical (unpaired) electrons. The molecule has 0 atom stereocenters. The van der Waals surface area contributed by atoms with Crippen molar-refractivity contribution in [2.45, 2.75) is 26.3 Å². The van der Waals surface area contributed by atoms with Crippen LogP contribution in [0.1, 0.15) is 31.1 Å². The van der Waals surface area contributed by atoms with Crippen LogP contribution < -0.4 is 15.8 Å². The van der Waals surface area contributed by atoms with E-state index in [4.69, 9.17) is 15.7 Å². The van der Waals surface area contributed by atoms with E-state index >= 15 is 0 Å². The molecule has 0 aliphatic heterocycles. The van der Waals surface area contributed by atoms with E-state index < -0.39 is 5.54 Å². The number of carbonyl (C=O) groups is 1. The van der Waals surface area contributed by atoms with E-state index in [0.717, 1.165) is 0 Å². The summed E-state index contributed by atoms with van der Waals surface area (Å²) in [4.78, 5) is 12.0. The predicted molar refractivity (Wildman–Crippen MR) is 72.6 cm³/mol. The summed E-state index contributed by atoms with van der Waals surface area (Å²) in [6, 6.07) is 6.75. The zero-order valence-electron chi connectivity index (χ0n) is 11.3. The van der Waals surface area contributed by atoms with Crippen molar-refractivity contribution in [2.75, 3.05) is 6.61 Å². The first-order chi connectivity index (χ1) is 8.90.